The van der Waals surface area contributed by atoms with Gasteiger partial charge in [-0.25, -0.2) is 4.39 Å². The van der Waals surface area contributed by atoms with Crippen molar-refractivity contribution in [1.29, 1.82) is 5.26 Å². The van der Waals surface area contributed by atoms with Crippen molar-refractivity contribution < 1.29 is 4.39 Å². The van der Waals surface area contributed by atoms with Crippen molar-refractivity contribution in [2.45, 2.75) is 0 Å². The molecular weight excluding hydrogens is 143 g/mol. The highest BCUT2D eigenvalue weighted by Gasteiger charge is 1.94. The van der Waals surface area contributed by atoms with Gasteiger partial charge in [0.1, 0.15) is 0 Å². The molecule has 0 N–H and O–H groups in total. The van der Waals surface area contributed by atoms with E-state index in [1.54, 1.807) is 6.07 Å². The topological polar surface area (TPSA) is 36.7 Å². The lowest BCUT2D eigenvalue weighted by Gasteiger charge is -1.88. The number of rotatable bonds is 0. The van der Waals surface area contributed by atoms with Crippen molar-refractivity contribution in [2.24, 2.45) is 0 Å². The lowest BCUT2D eigenvalue weighted by molar-refractivity contribution is 0.618. The Morgan fingerprint density at radius 3 is 3.00 bits per heavy atom. The van der Waals surface area contributed by atoms with Crippen LogP contribution in [0.15, 0.2) is 18.5 Å². The predicted octanol–water partition coefficient (Wildman–Crippen LogP) is 1.10. The van der Waals surface area contributed by atoms with E-state index in [0.29, 0.717) is 0 Å². The van der Waals surface area contributed by atoms with E-state index in [4.69, 9.17) is 5.26 Å². The number of hydrogen-bond donors (Lipinski definition) is 0. The molecule has 0 aliphatic rings. The van der Waals surface area contributed by atoms with E-state index in [2.05, 4.69) is 16.8 Å². The van der Waals surface area contributed by atoms with Gasteiger partial charge in [-0.05, 0) is 12.0 Å². The molecule has 1 heterocycles. The number of pyridine rings is 1. The summed E-state index contributed by atoms with van der Waals surface area (Å²) in [5.74, 6) is 3.93. The van der Waals surface area contributed by atoms with Gasteiger partial charge in [-0.1, -0.05) is 0 Å². The van der Waals surface area contributed by atoms with Gasteiger partial charge in [0, 0.05) is 12.1 Å². The highest BCUT2D eigenvalue weighted by Crippen LogP contribution is 2.00. The number of nitrogens with zero attached hydrogens (tertiary/aromatic N) is 2. The second-order valence-corrected chi connectivity index (χ2v) is 1.72. The summed E-state index contributed by atoms with van der Waals surface area (Å²) in [4.78, 5) is 3.53. The smallest absolute Gasteiger partial charge is 0.157 e. The van der Waals surface area contributed by atoms with E-state index in [1.165, 1.54) is 12.3 Å². The van der Waals surface area contributed by atoms with Gasteiger partial charge in [-0.3, -0.25) is 4.98 Å². The third-order valence-corrected chi connectivity index (χ3v) is 1.03. The van der Waals surface area contributed by atoms with E-state index < -0.39 is 5.82 Å². The molecule has 0 amide bonds. The van der Waals surface area contributed by atoms with Crippen molar-refractivity contribution in [3.63, 3.8) is 0 Å². The van der Waals surface area contributed by atoms with Gasteiger partial charge in [-0.2, -0.15) is 5.26 Å². The maximum absolute atomic E-state index is 12.6. The van der Waals surface area contributed by atoms with E-state index >= 15 is 0 Å². The number of hydrogen-bond acceptors (Lipinski definition) is 2. The highest BCUT2D eigenvalue weighted by molar-refractivity contribution is 5.37. The third-order valence-electron chi connectivity index (χ3n) is 1.03. The molecule has 1 aromatic rings. The lowest BCUT2D eigenvalue weighted by atomic mass is 10.2. The van der Waals surface area contributed by atoms with E-state index in [1.807, 2.05) is 0 Å². The highest BCUT2D eigenvalue weighted by atomic mass is 19.1. The van der Waals surface area contributed by atoms with Crippen LogP contribution in [-0.4, -0.2) is 4.98 Å². The molecule has 11 heavy (non-hydrogen) atoms. The van der Waals surface area contributed by atoms with Crippen molar-refractivity contribution in [3.05, 3.63) is 29.8 Å². The van der Waals surface area contributed by atoms with Crippen LogP contribution in [0.4, 0.5) is 4.39 Å². The Morgan fingerprint density at radius 2 is 2.36 bits per heavy atom. The minimum Gasteiger partial charge on any atom is -0.262 e. The monoisotopic (exact) mass is 146 g/mol. The fourth-order valence-electron chi connectivity index (χ4n) is 0.572. The molecule has 0 aliphatic carbocycles. The van der Waals surface area contributed by atoms with Gasteiger partial charge in [0.2, 0.25) is 0 Å². The maximum atomic E-state index is 12.6. The summed E-state index contributed by atoms with van der Waals surface area (Å²) < 4.78 is 12.6. The predicted molar refractivity (Wildman–Crippen MR) is 36.7 cm³/mol. The Balaban J connectivity index is 3.07. The van der Waals surface area contributed by atoms with Crippen molar-refractivity contribution in [3.8, 4) is 17.9 Å². The fraction of sp³-hybridized carbons (Fsp3) is 0. The molecule has 0 fully saturated rings. The summed E-state index contributed by atoms with van der Waals surface area (Å²) >= 11 is 0. The van der Waals surface area contributed by atoms with Crippen LogP contribution in [-0.2, 0) is 0 Å². The molecule has 0 saturated carbocycles. The zero-order valence-corrected chi connectivity index (χ0v) is 5.50. The average molecular weight is 146 g/mol. The minimum absolute atomic E-state index is 0.196. The summed E-state index contributed by atoms with van der Waals surface area (Å²) in [5, 5.41) is 8.06. The summed E-state index contributed by atoms with van der Waals surface area (Å²) in [5.41, 5.74) is 0.196. The maximum Gasteiger partial charge on any atom is 0.157 e. The molecule has 52 valence electrons. The van der Waals surface area contributed by atoms with Crippen LogP contribution in [0.25, 0.3) is 0 Å². The second kappa shape index (κ2) is 3.34. The van der Waals surface area contributed by atoms with Gasteiger partial charge < -0.3 is 0 Å². The van der Waals surface area contributed by atoms with Crippen LogP contribution in [0.5, 0.6) is 0 Å². The molecule has 0 bridgehead atoms. The fourth-order valence-corrected chi connectivity index (χ4v) is 0.572. The minimum atomic E-state index is -0.504. The molecule has 0 unspecified atom stereocenters. The number of nitriles is 1. The summed E-state index contributed by atoms with van der Waals surface area (Å²) in [7, 11) is 0. The lowest BCUT2D eigenvalue weighted by Crippen LogP contribution is -1.83. The molecule has 0 radical (unpaired) electrons. The Labute approximate surface area is 63.3 Å². The molecule has 1 aromatic heterocycles. The van der Waals surface area contributed by atoms with Crippen LogP contribution in [0.3, 0.4) is 0 Å². The molecule has 0 aromatic carbocycles. The number of halogens is 1. The van der Waals surface area contributed by atoms with E-state index in [0.717, 1.165) is 6.20 Å². The second-order valence-electron chi connectivity index (χ2n) is 1.72. The van der Waals surface area contributed by atoms with Gasteiger partial charge in [-0.15, -0.1) is 0 Å². The van der Waals surface area contributed by atoms with Gasteiger partial charge >= 0.3 is 0 Å². The summed E-state index contributed by atoms with van der Waals surface area (Å²) in [6.07, 6.45) is 2.48. The van der Waals surface area contributed by atoms with Gasteiger partial charge in [0.15, 0.2) is 11.9 Å². The Kier molecular flexibility index (Phi) is 2.20. The molecular formula is C8H3FN2. The zero-order valence-electron chi connectivity index (χ0n) is 5.50. The summed E-state index contributed by atoms with van der Waals surface area (Å²) in [6.45, 7) is 0. The van der Waals surface area contributed by atoms with Crippen molar-refractivity contribution >= 4 is 0 Å². The first kappa shape index (κ1) is 7.24. The van der Waals surface area contributed by atoms with Crippen LogP contribution in [0.1, 0.15) is 5.56 Å². The first-order chi connectivity index (χ1) is 5.34. The quantitative estimate of drug-likeness (QED) is 0.514. The molecule has 0 spiro atoms. The third kappa shape index (κ3) is 1.77. The first-order valence-corrected chi connectivity index (χ1v) is 2.84. The van der Waals surface area contributed by atoms with Gasteiger partial charge in [0.05, 0.1) is 11.8 Å². The van der Waals surface area contributed by atoms with Gasteiger partial charge in [0.25, 0.3) is 0 Å². The van der Waals surface area contributed by atoms with Crippen LogP contribution in [0, 0.1) is 29.0 Å². The molecule has 1 rings (SSSR count). The molecule has 0 atom stereocenters. The van der Waals surface area contributed by atoms with Crippen molar-refractivity contribution in [1.82, 2.24) is 4.98 Å². The zero-order chi connectivity index (χ0) is 8.10. The first-order valence-electron chi connectivity index (χ1n) is 2.84. The van der Waals surface area contributed by atoms with Crippen molar-refractivity contribution in [2.75, 3.05) is 0 Å². The van der Waals surface area contributed by atoms with E-state index in [-0.39, 0.29) is 5.56 Å². The van der Waals surface area contributed by atoms with E-state index in [9.17, 15) is 4.39 Å². The normalized spacial score (nSPS) is 7.64. The average Bonchev–Trinajstić information content (AvgIpc) is 2.03. The number of aromatic nitrogens is 1. The summed E-state index contributed by atoms with van der Waals surface area (Å²) in [6, 6.07) is 3.01. The largest absolute Gasteiger partial charge is 0.262 e. The standard InChI is InChI=1S/C8H3FN2/c9-8-6-11-5-3-7(8)2-1-4-10/h3,5-6H. The van der Waals surface area contributed by atoms with Crippen LogP contribution >= 0.6 is 0 Å². The Bertz CT molecular complexity index is 354. The molecule has 3 heteroatoms. The molecule has 0 aliphatic heterocycles. The van der Waals surface area contributed by atoms with Crippen LogP contribution < -0.4 is 0 Å². The molecule has 2 nitrogen and oxygen atoms in total. The SMILES string of the molecule is N#CC#Cc1ccncc1F. The Morgan fingerprint density at radius 1 is 1.55 bits per heavy atom. The van der Waals surface area contributed by atoms with Crippen LogP contribution in [0.2, 0.25) is 0 Å². The Hall–Kier alpha value is -1.87. The molecule has 0 saturated heterocycles.